The van der Waals surface area contributed by atoms with Crippen LogP contribution in [-0.2, 0) is 4.43 Å². The molecule has 0 amide bonds. The van der Waals surface area contributed by atoms with Gasteiger partial charge in [-0.3, -0.25) is 0 Å². The molecule has 0 heterocycles. The Morgan fingerprint density at radius 1 is 1.25 bits per heavy atom. The maximum absolute atomic E-state index is 5.27. The number of hydrogen-bond donors (Lipinski definition) is 2. The topological polar surface area (TPSA) is 61.3 Å². The average Bonchev–Trinajstić information content (AvgIpc) is 1.21. The highest BCUT2D eigenvalue weighted by molar-refractivity contribution is 6.43. The van der Waals surface area contributed by atoms with Crippen molar-refractivity contribution in [2.75, 3.05) is 0 Å². The minimum atomic E-state index is -1.80. The standard InChI is InChI=1S/C4H14N2OSi/c1-4(2,3)7-8(5)6/h8H,5-6H2,1-3H3. The summed E-state index contributed by atoms with van der Waals surface area (Å²) in [6.07, 6.45) is 0. The molecule has 0 aromatic heterocycles. The minimum absolute atomic E-state index is 0.166. The van der Waals surface area contributed by atoms with Gasteiger partial charge in [0.15, 0.2) is 0 Å². The van der Waals surface area contributed by atoms with Crippen LogP contribution in [0.4, 0.5) is 0 Å². The molecule has 3 nitrogen and oxygen atoms in total. The van der Waals surface area contributed by atoms with Crippen LogP contribution in [0.15, 0.2) is 0 Å². The van der Waals surface area contributed by atoms with Gasteiger partial charge in [0.1, 0.15) is 0 Å². The summed E-state index contributed by atoms with van der Waals surface area (Å²) in [4.78, 5) is 0. The third-order valence-corrected chi connectivity index (χ3v) is 1.47. The van der Waals surface area contributed by atoms with Gasteiger partial charge in [0.05, 0.1) is 5.60 Å². The van der Waals surface area contributed by atoms with Crippen molar-refractivity contribution < 1.29 is 4.43 Å². The molecular formula is C4H14N2OSi. The smallest absolute Gasteiger partial charge is 0.330 e. The van der Waals surface area contributed by atoms with E-state index < -0.39 is 9.36 Å². The van der Waals surface area contributed by atoms with Crippen LogP contribution in [-0.4, -0.2) is 15.0 Å². The second kappa shape index (κ2) is 2.59. The van der Waals surface area contributed by atoms with Crippen LogP contribution in [0.3, 0.4) is 0 Å². The lowest BCUT2D eigenvalue weighted by molar-refractivity contribution is 0.128. The van der Waals surface area contributed by atoms with Crippen LogP contribution in [0.1, 0.15) is 20.8 Å². The molecule has 0 unspecified atom stereocenters. The van der Waals surface area contributed by atoms with Crippen LogP contribution in [0, 0.1) is 0 Å². The van der Waals surface area contributed by atoms with Crippen molar-refractivity contribution in [2.24, 2.45) is 10.8 Å². The van der Waals surface area contributed by atoms with Crippen molar-refractivity contribution >= 4 is 9.36 Å². The Labute approximate surface area is 51.9 Å². The van der Waals surface area contributed by atoms with E-state index in [1.54, 1.807) is 0 Å². The molecule has 0 spiro atoms. The second-order valence-corrected chi connectivity index (χ2v) is 3.86. The van der Waals surface area contributed by atoms with E-state index in [4.69, 9.17) is 15.2 Å². The van der Waals surface area contributed by atoms with Gasteiger partial charge in [0.2, 0.25) is 0 Å². The van der Waals surface area contributed by atoms with Crippen molar-refractivity contribution in [3.63, 3.8) is 0 Å². The summed E-state index contributed by atoms with van der Waals surface area (Å²) in [6.45, 7) is 5.81. The Balaban J connectivity index is 3.39. The van der Waals surface area contributed by atoms with E-state index in [0.717, 1.165) is 0 Å². The summed E-state index contributed by atoms with van der Waals surface area (Å²) in [5.74, 6) is 0. The lowest BCUT2D eigenvalue weighted by Gasteiger charge is -2.21. The number of rotatable bonds is 1. The highest BCUT2D eigenvalue weighted by Crippen LogP contribution is 2.04. The van der Waals surface area contributed by atoms with E-state index in [9.17, 15) is 0 Å². The summed E-state index contributed by atoms with van der Waals surface area (Å²) in [5, 5.41) is 10.5. The first-order valence-corrected chi connectivity index (χ1v) is 4.41. The summed E-state index contributed by atoms with van der Waals surface area (Å²) in [6, 6.07) is 0. The highest BCUT2D eigenvalue weighted by Gasteiger charge is 2.12. The van der Waals surface area contributed by atoms with Crippen molar-refractivity contribution in [1.29, 1.82) is 0 Å². The Morgan fingerprint density at radius 3 is 1.62 bits per heavy atom. The van der Waals surface area contributed by atoms with Crippen LogP contribution < -0.4 is 10.8 Å². The summed E-state index contributed by atoms with van der Waals surface area (Å²) in [5.41, 5.74) is -0.166. The first-order valence-electron chi connectivity index (χ1n) is 2.61. The van der Waals surface area contributed by atoms with Crippen LogP contribution in [0.2, 0.25) is 0 Å². The first-order chi connectivity index (χ1) is 3.42. The number of nitrogens with two attached hydrogens (primary N) is 2. The van der Waals surface area contributed by atoms with E-state index in [0.29, 0.717) is 0 Å². The molecule has 8 heavy (non-hydrogen) atoms. The van der Waals surface area contributed by atoms with Gasteiger partial charge in [-0.1, -0.05) is 0 Å². The van der Waals surface area contributed by atoms with Crippen molar-refractivity contribution in [3.8, 4) is 0 Å². The molecule has 50 valence electrons. The van der Waals surface area contributed by atoms with Crippen LogP contribution >= 0.6 is 0 Å². The third-order valence-electron chi connectivity index (χ3n) is 0.490. The fourth-order valence-electron chi connectivity index (χ4n) is 0.408. The van der Waals surface area contributed by atoms with E-state index in [1.165, 1.54) is 0 Å². The van der Waals surface area contributed by atoms with Gasteiger partial charge in [-0.25, -0.2) is 0 Å². The van der Waals surface area contributed by atoms with Crippen molar-refractivity contribution in [2.45, 2.75) is 26.4 Å². The SMILES string of the molecule is CC(C)(C)O[SiH](N)N. The molecule has 0 aliphatic heterocycles. The van der Waals surface area contributed by atoms with E-state index >= 15 is 0 Å². The van der Waals surface area contributed by atoms with E-state index in [1.807, 2.05) is 20.8 Å². The molecular weight excluding hydrogens is 120 g/mol. The Morgan fingerprint density at radius 2 is 1.62 bits per heavy atom. The lowest BCUT2D eigenvalue weighted by atomic mass is 10.2. The molecule has 0 aliphatic carbocycles. The molecule has 0 aromatic carbocycles. The average molecular weight is 134 g/mol. The quantitative estimate of drug-likeness (QED) is 0.472. The highest BCUT2D eigenvalue weighted by atomic mass is 28.3. The molecule has 4 N–H and O–H groups in total. The van der Waals surface area contributed by atoms with Gasteiger partial charge in [-0.2, -0.15) is 0 Å². The summed E-state index contributed by atoms with van der Waals surface area (Å²) < 4.78 is 5.13. The molecule has 0 saturated heterocycles. The predicted octanol–water partition coefficient (Wildman–Crippen LogP) is -0.564. The third kappa shape index (κ3) is 6.10. The molecule has 0 aliphatic rings. The first kappa shape index (κ1) is 8.10. The lowest BCUT2D eigenvalue weighted by Crippen LogP contribution is -2.45. The van der Waals surface area contributed by atoms with Crippen LogP contribution in [0.25, 0.3) is 0 Å². The molecule has 0 atom stereocenters. The van der Waals surface area contributed by atoms with Gasteiger partial charge in [0.25, 0.3) is 0 Å². The molecule has 4 heteroatoms. The van der Waals surface area contributed by atoms with Gasteiger partial charge < -0.3 is 15.2 Å². The van der Waals surface area contributed by atoms with Crippen molar-refractivity contribution in [1.82, 2.24) is 0 Å². The maximum atomic E-state index is 5.27. The molecule has 0 radical (unpaired) electrons. The van der Waals surface area contributed by atoms with Crippen LogP contribution in [0.5, 0.6) is 0 Å². The molecule has 0 bridgehead atoms. The fourth-order valence-corrected chi connectivity index (χ4v) is 1.22. The van der Waals surface area contributed by atoms with E-state index in [-0.39, 0.29) is 5.60 Å². The molecule has 0 rings (SSSR count). The van der Waals surface area contributed by atoms with Gasteiger partial charge in [-0.15, -0.1) is 0 Å². The number of hydrogen-bond acceptors (Lipinski definition) is 3. The Bertz CT molecular complexity index is 68.9. The predicted molar refractivity (Wildman–Crippen MR) is 36.4 cm³/mol. The van der Waals surface area contributed by atoms with Gasteiger partial charge in [-0.05, 0) is 20.8 Å². The molecule has 0 saturated carbocycles. The zero-order chi connectivity index (χ0) is 6.78. The monoisotopic (exact) mass is 134 g/mol. The Kier molecular flexibility index (Phi) is 2.62. The zero-order valence-electron chi connectivity index (χ0n) is 5.64. The van der Waals surface area contributed by atoms with E-state index in [2.05, 4.69) is 0 Å². The summed E-state index contributed by atoms with van der Waals surface area (Å²) >= 11 is 0. The molecule has 0 aromatic rings. The largest absolute Gasteiger partial charge is 0.389 e. The second-order valence-electron chi connectivity index (χ2n) is 2.69. The van der Waals surface area contributed by atoms with Gasteiger partial charge in [0, 0.05) is 0 Å². The summed E-state index contributed by atoms with van der Waals surface area (Å²) in [7, 11) is -1.80. The fraction of sp³-hybridized carbons (Fsp3) is 1.00. The Hall–Kier alpha value is 0.0969. The maximum Gasteiger partial charge on any atom is 0.330 e. The normalized spacial score (nSPS) is 12.8. The zero-order valence-corrected chi connectivity index (χ0v) is 6.79. The minimum Gasteiger partial charge on any atom is -0.389 e. The van der Waals surface area contributed by atoms with Crippen molar-refractivity contribution in [3.05, 3.63) is 0 Å². The molecule has 0 fully saturated rings. The van der Waals surface area contributed by atoms with Gasteiger partial charge >= 0.3 is 9.36 Å².